The number of nitrogens with one attached hydrogen (secondary N) is 1. The molecule has 0 aromatic heterocycles. The van der Waals surface area contributed by atoms with Gasteiger partial charge in [-0.2, -0.15) is 0 Å². The number of anilines is 1. The van der Waals surface area contributed by atoms with Crippen LogP contribution in [-0.4, -0.2) is 12.5 Å². The highest BCUT2D eigenvalue weighted by Crippen LogP contribution is 2.17. The zero-order valence-corrected chi connectivity index (χ0v) is 11.7. The van der Waals surface area contributed by atoms with Crippen LogP contribution in [0.5, 0.6) is 5.75 Å². The van der Waals surface area contributed by atoms with Crippen LogP contribution in [0.1, 0.15) is 11.1 Å². The fourth-order valence-electron chi connectivity index (χ4n) is 1.86. The predicted octanol–water partition coefficient (Wildman–Crippen LogP) is 3.60. The van der Waals surface area contributed by atoms with E-state index in [0.29, 0.717) is 5.69 Å². The standard InChI is InChI=1S/C16H15F2NO2/c1-10-3-6-15(11(2)7-10)19-16(20)9-21-12-4-5-13(17)14(18)8-12/h3-8H,9H2,1-2H3,(H,19,20). The van der Waals surface area contributed by atoms with Crippen LogP contribution in [0.2, 0.25) is 0 Å². The molecule has 1 amide bonds. The van der Waals surface area contributed by atoms with Gasteiger partial charge in [0.25, 0.3) is 5.91 Å². The lowest BCUT2D eigenvalue weighted by atomic mass is 10.1. The maximum absolute atomic E-state index is 13.0. The van der Waals surface area contributed by atoms with Gasteiger partial charge in [-0.25, -0.2) is 8.78 Å². The molecular weight excluding hydrogens is 276 g/mol. The third-order valence-corrected chi connectivity index (χ3v) is 2.92. The fraction of sp³-hybridized carbons (Fsp3) is 0.188. The summed E-state index contributed by atoms with van der Waals surface area (Å²) in [5.74, 6) is -2.24. The molecule has 2 aromatic rings. The Morgan fingerprint density at radius 3 is 2.52 bits per heavy atom. The van der Waals surface area contributed by atoms with Crippen molar-refractivity contribution in [3.05, 3.63) is 59.2 Å². The summed E-state index contributed by atoms with van der Waals surface area (Å²) in [6, 6.07) is 8.76. The average molecular weight is 291 g/mol. The SMILES string of the molecule is Cc1ccc(NC(=O)COc2ccc(F)c(F)c2)c(C)c1. The van der Waals surface area contributed by atoms with Crippen LogP contribution < -0.4 is 10.1 Å². The van der Waals surface area contributed by atoms with E-state index in [1.54, 1.807) is 6.07 Å². The zero-order valence-electron chi connectivity index (χ0n) is 11.7. The average Bonchev–Trinajstić information content (AvgIpc) is 2.43. The molecule has 0 aliphatic heterocycles. The number of rotatable bonds is 4. The maximum Gasteiger partial charge on any atom is 0.262 e. The van der Waals surface area contributed by atoms with Gasteiger partial charge in [0.05, 0.1) is 0 Å². The van der Waals surface area contributed by atoms with Gasteiger partial charge in [-0.15, -0.1) is 0 Å². The Morgan fingerprint density at radius 1 is 1.10 bits per heavy atom. The second-order valence-electron chi connectivity index (χ2n) is 4.73. The molecule has 2 aromatic carbocycles. The van der Waals surface area contributed by atoms with Crippen molar-refractivity contribution in [1.29, 1.82) is 0 Å². The number of hydrogen-bond donors (Lipinski definition) is 1. The summed E-state index contributed by atoms with van der Waals surface area (Å²) in [4.78, 5) is 11.8. The van der Waals surface area contributed by atoms with Gasteiger partial charge in [0.1, 0.15) is 5.75 Å². The first kappa shape index (κ1) is 15.0. The summed E-state index contributed by atoms with van der Waals surface area (Å²) >= 11 is 0. The Hall–Kier alpha value is -2.43. The van der Waals surface area contributed by atoms with E-state index in [1.165, 1.54) is 6.07 Å². The molecule has 0 unspecified atom stereocenters. The summed E-state index contributed by atoms with van der Waals surface area (Å²) < 4.78 is 30.9. The van der Waals surface area contributed by atoms with Crippen LogP contribution >= 0.6 is 0 Å². The van der Waals surface area contributed by atoms with Crippen molar-refractivity contribution in [1.82, 2.24) is 0 Å². The highest BCUT2D eigenvalue weighted by atomic mass is 19.2. The summed E-state index contributed by atoms with van der Waals surface area (Å²) in [7, 11) is 0. The van der Waals surface area contributed by atoms with E-state index in [4.69, 9.17) is 4.74 Å². The lowest BCUT2D eigenvalue weighted by molar-refractivity contribution is -0.118. The summed E-state index contributed by atoms with van der Waals surface area (Å²) in [6.07, 6.45) is 0. The van der Waals surface area contributed by atoms with Crippen molar-refractivity contribution in [3.63, 3.8) is 0 Å². The van der Waals surface area contributed by atoms with E-state index >= 15 is 0 Å². The Kier molecular flexibility index (Phi) is 4.52. The van der Waals surface area contributed by atoms with Crippen LogP contribution in [0.3, 0.4) is 0 Å². The molecule has 21 heavy (non-hydrogen) atoms. The van der Waals surface area contributed by atoms with Gasteiger partial charge in [-0.3, -0.25) is 4.79 Å². The van der Waals surface area contributed by atoms with Gasteiger partial charge in [-0.1, -0.05) is 17.7 Å². The number of amides is 1. The first-order valence-corrected chi connectivity index (χ1v) is 6.40. The maximum atomic E-state index is 13.0. The smallest absolute Gasteiger partial charge is 0.262 e. The predicted molar refractivity (Wildman–Crippen MR) is 76.4 cm³/mol. The van der Waals surface area contributed by atoms with E-state index in [1.807, 2.05) is 26.0 Å². The molecule has 0 bridgehead atoms. The van der Waals surface area contributed by atoms with Crippen molar-refractivity contribution in [2.75, 3.05) is 11.9 Å². The number of benzene rings is 2. The number of carbonyl (C=O) groups is 1. The zero-order chi connectivity index (χ0) is 15.4. The van der Waals surface area contributed by atoms with Crippen LogP contribution in [0.25, 0.3) is 0 Å². The molecule has 0 aliphatic rings. The Balaban J connectivity index is 1.94. The molecule has 0 atom stereocenters. The van der Waals surface area contributed by atoms with Gasteiger partial charge >= 0.3 is 0 Å². The molecule has 0 saturated heterocycles. The van der Waals surface area contributed by atoms with E-state index in [-0.39, 0.29) is 18.3 Å². The topological polar surface area (TPSA) is 38.3 Å². The highest BCUT2D eigenvalue weighted by Gasteiger charge is 2.08. The van der Waals surface area contributed by atoms with Crippen molar-refractivity contribution in [2.24, 2.45) is 0 Å². The number of ether oxygens (including phenoxy) is 1. The summed E-state index contributed by atoms with van der Waals surface area (Å²) in [5.41, 5.74) is 2.74. The molecule has 0 saturated carbocycles. The van der Waals surface area contributed by atoms with E-state index < -0.39 is 11.6 Å². The van der Waals surface area contributed by atoms with Gasteiger partial charge in [0.2, 0.25) is 0 Å². The minimum Gasteiger partial charge on any atom is -0.484 e. The van der Waals surface area contributed by atoms with Crippen molar-refractivity contribution >= 4 is 11.6 Å². The number of aryl methyl sites for hydroxylation is 2. The number of hydrogen-bond acceptors (Lipinski definition) is 2. The molecular formula is C16H15F2NO2. The molecule has 0 aliphatic carbocycles. The quantitative estimate of drug-likeness (QED) is 0.934. The minimum absolute atomic E-state index is 0.102. The van der Waals surface area contributed by atoms with E-state index in [2.05, 4.69) is 5.32 Å². The second kappa shape index (κ2) is 6.35. The minimum atomic E-state index is -1.01. The van der Waals surface area contributed by atoms with Crippen LogP contribution in [0.15, 0.2) is 36.4 Å². The summed E-state index contributed by atoms with van der Waals surface area (Å²) in [5, 5.41) is 2.70. The largest absolute Gasteiger partial charge is 0.484 e. The van der Waals surface area contributed by atoms with Gasteiger partial charge in [-0.05, 0) is 37.6 Å². The highest BCUT2D eigenvalue weighted by molar-refractivity contribution is 5.92. The Labute approximate surface area is 121 Å². The number of carbonyl (C=O) groups excluding carboxylic acids is 1. The van der Waals surface area contributed by atoms with Gasteiger partial charge in [0.15, 0.2) is 18.2 Å². The third-order valence-electron chi connectivity index (χ3n) is 2.92. The van der Waals surface area contributed by atoms with Crippen molar-refractivity contribution in [2.45, 2.75) is 13.8 Å². The van der Waals surface area contributed by atoms with Crippen LogP contribution in [-0.2, 0) is 4.79 Å². The van der Waals surface area contributed by atoms with Gasteiger partial charge < -0.3 is 10.1 Å². The second-order valence-corrected chi connectivity index (χ2v) is 4.73. The van der Waals surface area contributed by atoms with E-state index in [0.717, 1.165) is 23.3 Å². The van der Waals surface area contributed by atoms with Crippen LogP contribution in [0.4, 0.5) is 14.5 Å². The molecule has 0 heterocycles. The molecule has 2 rings (SSSR count). The Morgan fingerprint density at radius 2 is 1.86 bits per heavy atom. The first-order chi connectivity index (χ1) is 9.95. The normalized spacial score (nSPS) is 10.3. The lowest BCUT2D eigenvalue weighted by Crippen LogP contribution is -2.20. The molecule has 0 spiro atoms. The number of halogens is 2. The van der Waals surface area contributed by atoms with Crippen molar-refractivity contribution in [3.8, 4) is 5.75 Å². The molecule has 110 valence electrons. The molecule has 0 radical (unpaired) electrons. The van der Waals surface area contributed by atoms with Crippen molar-refractivity contribution < 1.29 is 18.3 Å². The summed E-state index contributed by atoms with van der Waals surface area (Å²) in [6.45, 7) is 3.57. The van der Waals surface area contributed by atoms with E-state index in [9.17, 15) is 13.6 Å². The third kappa shape index (κ3) is 4.02. The van der Waals surface area contributed by atoms with Crippen LogP contribution in [0, 0.1) is 25.5 Å². The fourth-order valence-corrected chi connectivity index (χ4v) is 1.86. The molecule has 1 N–H and O–H groups in total. The molecule has 0 fully saturated rings. The van der Waals surface area contributed by atoms with Gasteiger partial charge in [0, 0.05) is 11.8 Å². The lowest BCUT2D eigenvalue weighted by Gasteiger charge is -2.10. The Bertz CT molecular complexity index is 671. The molecule has 3 nitrogen and oxygen atoms in total. The monoisotopic (exact) mass is 291 g/mol. The first-order valence-electron chi connectivity index (χ1n) is 6.40. The molecule has 5 heteroatoms.